The minimum Gasteiger partial charge on any atom is -0.367 e. The van der Waals surface area contributed by atoms with Crippen molar-refractivity contribution in [3.8, 4) is 0 Å². The van der Waals surface area contributed by atoms with Crippen LogP contribution in [-0.2, 0) is 11.3 Å². The van der Waals surface area contributed by atoms with Gasteiger partial charge < -0.3 is 10.5 Å². The van der Waals surface area contributed by atoms with Gasteiger partial charge in [-0.3, -0.25) is 0 Å². The zero-order chi connectivity index (χ0) is 15.2. The third-order valence-electron chi connectivity index (χ3n) is 3.45. The van der Waals surface area contributed by atoms with Gasteiger partial charge in [0.05, 0.1) is 6.61 Å². The highest BCUT2D eigenvalue weighted by molar-refractivity contribution is 5.22. The SMILES string of the molecule is CCC(N)C(OCc1ccccc1F)c1ccccc1F. The second-order valence-electron chi connectivity index (χ2n) is 4.92. The van der Waals surface area contributed by atoms with Crippen LogP contribution < -0.4 is 5.73 Å². The first-order valence-electron chi connectivity index (χ1n) is 6.98. The number of hydrogen-bond acceptors (Lipinski definition) is 2. The van der Waals surface area contributed by atoms with Crippen molar-refractivity contribution in [3.63, 3.8) is 0 Å². The van der Waals surface area contributed by atoms with Gasteiger partial charge in [0, 0.05) is 17.2 Å². The van der Waals surface area contributed by atoms with Gasteiger partial charge >= 0.3 is 0 Å². The molecule has 112 valence electrons. The highest BCUT2D eigenvalue weighted by atomic mass is 19.1. The van der Waals surface area contributed by atoms with Gasteiger partial charge in [-0.25, -0.2) is 8.78 Å². The van der Waals surface area contributed by atoms with E-state index in [2.05, 4.69) is 0 Å². The van der Waals surface area contributed by atoms with E-state index in [4.69, 9.17) is 10.5 Å². The van der Waals surface area contributed by atoms with Crippen LogP contribution in [0.3, 0.4) is 0 Å². The fourth-order valence-electron chi connectivity index (χ4n) is 2.16. The Hall–Kier alpha value is -1.78. The van der Waals surface area contributed by atoms with Crippen molar-refractivity contribution in [2.45, 2.75) is 32.1 Å². The standard InChI is InChI=1S/C17H19F2NO/c1-2-16(20)17(13-8-4-6-10-15(13)19)21-11-12-7-3-5-9-14(12)18/h3-10,16-17H,2,11,20H2,1H3. The highest BCUT2D eigenvalue weighted by Crippen LogP contribution is 2.26. The second kappa shape index (κ2) is 7.29. The molecule has 2 atom stereocenters. The molecule has 4 heteroatoms. The number of hydrogen-bond donors (Lipinski definition) is 1. The van der Waals surface area contributed by atoms with E-state index in [0.29, 0.717) is 17.5 Å². The number of halogens is 2. The van der Waals surface area contributed by atoms with E-state index in [1.54, 1.807) is 36.4 Å². The van der Waals surface area contributed by atoms with Gasteiger partial charge in [0.25, 0.3) is 0 Å². The number of rotatable bonds is 6. The Labute approximate surface area is 123 Å². The molecule has 0 saturated carbocycles. The van der Waals surface area contributed by atoms with Crippen molar-refractivity contribution in [2.75, 3.05) is 0 Å². The first kappa shape index (κ1) is 15.6. The molecule has 2 aromatic carbocycles. The zero-order valence-corrected chi connectivity index (χ0v) is 11.9. The highest BCUT2D eigenvalue weighted by Gasteiger charge is 2.22. The first-order chi connectivity index (χ1) is 10.1. The van der Waals surface area contributed by atoms with Crippen LogP contribution in [0.5, 0.6) is 0 Å². The lowest BCUT2D eigenvalue weighted by Gasteiger charge is -2.24. The Bertz CT molecular complexity index is 589. The molecular formula is C17H19F2NO. The lowest BCUT2D eigenvalue weighted by molar-refractivity contribution is 0.0177. The van der Waals surface area contributed by atoms with Crippen LogP contribution in [0, 0.1) is 11.6 Å². The molecule has 0 aliphatic carbocycles. The Morgan fingerprint density at radius 1 is 1.00 bits per heavy atom. The smallest absolute Gasteiger partial charge is 0.129 e. The van der Waals surface area contributed by atoms with Gasteiger partial charge in [-0.2, -0.15) is 0 Å². The summed E-state index contributed by atoms with van der Waals surface area (Å²) in [5.41, 5.74) is 6.87. The summed E-state index contributed by atoms with van der Waals surface area (Å²) in [4.78, 5) is 0. The summed E-state index contributed by atoms with van der Waals surface area (Å²) >= 11 is 0. The summed E-state index contributed by atoms with van der Waals surface area (Å²) < 4.78 is 33.3. The topological polar surface area (TPSA) is 35.2 Å². The molecule has 0 amide bonds. The molecule has 0 bridgehead atoms. The van der Waals surface area contributed by atoms with Crippen LogP contribution in [0.1, 0.15) is 30.6 Å². The third-order valence-corrected chi connectivity index (χ3v) is 3.45. The van der Waals surface area contributed by atoms with E-state index in [9.17, 15) is 8.78 Å². The fraction of sp³-hybridized carbons (Fsp3) is 0.294. The number of nitrogens with two attached hydrogens (primary N) is 1. The zero-order valence-electron chi connectivity index (χ0n) is 11.9. The van der Waals surface area contributed by atoms with Gasteiger partial charge in [0.1, 0.15) is 17.7 Å². The minimum atomic E-state index is -0.601. The predicted molar refractivity (Wildman–Crippen MR) is 78.6 cm³/mol. The minimum absolute atomic E-state index is 0.0549. The molecule has 0 aliphatic rings. The largest absolute Gasteiger partial charge is 0.367 e. The van der Waals surface area contributed by atoms with Crippen LogP contribution in [-0.4, -0.2) is 6.04 Å². The van der Waals surface area contributed by atoms with Gasteiger partial charge in [-0.05, 0) is 18.6 Å². The van der Waals surface area contributed by atoms with Gasteiger partial charge in [0.2, 0.25) is 0 Å². The number of ether oxygens (including phenoxy) is 1. The van der Waals surface area contributed by atoms with Gasteiger partial charge in [-0.15, -0.1) is 0 Å². The van der Waals surface area contributed by atoms with E-state index in [0.717, 1.165) is 0 Å². The second-order valence-corrected chi connectivity index (χ2v) is 4.92. The summed E-state index contributed by atoms with van der Waals surface area (Å²) in [5, 5.41) is 0. The van der Waals surface area contributed by atoms with E-state index >= 15 is 0 Å². The van der Waals surface area contributed by atoms with E-state index in [1.807, 2.05) is 6.92 Å². The van der Waals surface area contributed by atoms with Crippen LogP contribution in [0.2, 0.25) is 0 Å². The molecule has 0 fully saturated rings. The lowest BCUT2D eigenvalue weighted by Crippen LogP contribution is -2.30. The first-order valence-corrected chi connectivity index (χ1v) is 6.98. The van der Waals surface area contributed by atoms with Crippen molar-refractivity contribution in [1.82, 2.24) is 0 Å². The Balaban J connectivity index is 2.18. The Kier molecular flexibility index (Phi) is 5.42. The van der Waals surface area contributed by atoms with Crippen molar-refractivity contribution in [2.24, 2.45) is 5.73 Å². The molecule has 0 radical (unpaired) electrons. The van der Waals surface area contributed by atoms with Crippen LogP contribution in [0.4, 0.5) is 8.78 Å². The Morgan fingerprint density at radius 2 is 1.62 bits per heavy atom. The molecule has 2 N–H and O–H groups in total. The maximum atomic E-state index is 13.9. The summed E-state index contributed by atoms with van der Waals surface area (Å²) in [6, 6.07) is 12.4. The van der Waals surface area contributed by atoms with Crippen LogP contribution in [0.15, 0.2) is 48.5 Å². The average molecular weight is 291 g/mol. The fourth-order valence-corrected chi connectivity index (χ4v) is 2.16. The van der Waals surface area contributed by atoms with Crippen LogP contribution in [0.25, 0.3) is 0 Å². The summed E-state index contributed by atoms with van der Waals surface area (Å²) in [5.74, 6) is -0.699. The molecule has 0 aliphatic heterocycles. The molecule has 0 saturated heterocycles. The average Bonchev–Trinajstić information content (AvgIpc) is 2.50. The lowest BCUT2D eigenvalue weighted by atomic mass is 10.00. The molecular weight excluding hydrogens is 272 g/mol. The van der Waals surface area contributed by atoms with Crippen molar-refractivity contribution in [3.05, 3.63) is 71.3 Å². The third kappa shape index (κ3) is 3.86. The van der Waals surface area contributed by atoms with Gasteiger partial charge in [-0.1, -0.05) is 43.3 Å². The molecule has 0 aromatic heterocycles. The van der Waals surface area contributed by atoms with Crippen molar-refractivity contribution < 1.29 is 13.5 Å². The van der Waals surface area contributed by atoms with E-state index in [1.165, 1.54) is 12.1 Å². The van der Waals surface area contributed by atoms with E-state index < -0.39 is 6.10 Å². The predicted octanol–water partition coefficient (Wildman–Crippen LogP) is 3.96. The van der Waals surface area contributed by atoms with Crippen molar-refractivity contribution in [1.29, 1.82) is 0 Å². The molecule has 2 aromatic rings. The molecule has 2 unspecified atom stereocenters. The van der Waals surface area contributed by atoms with E-state index in [-0.39, 0.29) is 24.3 Å². The quantitative estimate of drug-likeness (QED) is 0.874. The summed E-state index contributed by atoms with van der Waals surface area (Å²) in [7, 11) is 0. The monoisotopic (exact) mass is 291 g/mol. The maximum absolute atomic E-state index is 13.9. The molecule has 21 heavy (non-hydrogen) atoms. The molecule has 2 nitrogen and oxygen atoms in total. The molecule has 0 spiro atoms. The normalized spacial score (nSPS) is 13.9. The summed E-state index contributed by atoms with van der Waals surface area (Å²) in [6.07, 6.45) is 0.0341. The number of benzene rings is 2. The van der Waals surface area contributed by atoms with Gasteiger partial charge in [0.15, 0.2) is 0 Å². The molecule has 2 rings (SSSR count). The molecule has 0 heterocycles. The Morgan fingerprint density at radius 3 is 2.24 bits per heavy atom. The summed E-state index contributed by atoms with van der Waals surface area (Å²) in [6.45, 7) is 1.96. The van der Waals surface area contributed by atoms with Crippen LogP contribution >= 0.6 is 0 Å². The van der Waals surface area contributed by atoms with Crippen molar-refractivity contribution >= 4 is 0 Å². The maximum Gasteiger partial charge on any atom is 0.129 e.